The van der Waals surface area contributed by atoms with Crippen molar-refractivity contribution in [2.24, 2.45) is 5.73 Å². The van der Waals surface area contributed by atoms with Crippen molar-refractivity contribution >= 4 is 44.2 Å². The lowest BCUT2D eigenvalue weighted by Crippen LogP contribution is -2.43. The number of fused-ring (bicyclic) bond motifs is 1. The number of aromatic nitrogens is 5. The average molecular weight is 495 g/mol. The number of hydrogen-bond acceptors (Lipinski definition) is 6. The van der Waals surface area contributed by atoms with E-state index in [2.05, 4.69) is 46.2 Å². The maximum Gasteiger partial charge on any atom is 0.258 e. The van der Waals surface area contributed by atoms with Crippen LogP contribution >= 0.6 is 15.9 Å². The number of hydrogen-bond donors (Lipinski definition) is 3. The van der Waals surface area contributed by atoms with E-state index in [1.807, 2.05) is 18.2 Å². The number of rotatable bonds is 5. The molecule has 0 unspecified atom stereocenters. The fourth-order valence-corrected chi connectivity index (χ4v) is 4.65. The lowest BCUT2D eigenvalue weighted by molar-refractivity contribution is 0.102. The summed E-state index contributed by atoms with van der Waals surface area (Å²) >= 11 is 3.65. The minimum atomic E-state index is -0.237. The first-order chi connectivity index (χ1) is 15.6. The predicted molar refractivity (Wildman–Crippen MR) is 127 cm³/mol. The maximum atomic E-state index is 13.0. The normalized spacial score (nSPS) is 16.4. The molecule has 1 aliphatic rings. The van der Waals surface area contributed by atoms with Crippen LogP contribution in [0.15, 0.2) is 53.7 Å². The van der Waals surface area contributed by atoms with Crippen LogP contribution in [0.4, 0.5) is 11.4 Å². The first-order valence-electron chi connectivity index (χ1n) is 10.5. The molecule has 1 amide bonds. The Morgan fingerprint density at radius 2 is 2.22 bits per heavy atom. The third kappa shape index (κ3) is 4.11. The second-order valence-electron chi connectivity index (χ2n) is 7.93. The predicted octanol–water partition coefficient (Wildman–Crippen LogP) is 3.15. The van der Waals surface area contributed by atoms with Gasteiger partial charge in [-0.1, -0.05) is 6.07 Å². The van der Waals surface area contributed by atoms with Crippen molar-refractivity contribution in [3.05, 3.63) is 64.9 Å². The highest BCUT2D eigenvalue weighted by Crippen LogP contribution is 2.38. The van der Waals surface area contributed by atoms with Gasteiger partial charge in [0.25, 0.3) is 5.91 Å². The highest BCUT2D eigenvalue weighted by molar-refractivity contribution is 9.10. The van der Waals surface area contributed by atoms with E-state index >= 15 is 0 Å². The van der Waals surface area contributed by atoms with Crippen molar-refractivity contribution in [3.8, 4) is 0 Å². The molecule has 1 fully saturated rings. The molecule has 5 heterocycles. The number of piperidine rings is 1. The van der Waals surface area contributed by atoms with Gasteiger partial charge >= 0.3 is 0 Å². The molecular formula is C22H23BrN8O. The largest absolute Gasteiger partial charge is 0.368 e. The number of amides is 1. The number of nitrogens with one attached hydrogen (secondary N) is 2. The lowest BCUT2D eigenvalue weighted by atomic mass is 10.1. The van der Waals surface area contributed by atoms with Crippen LogP contribution in [0.3, 0.4) is 0 Å². The third-order valence-electron chi connectivity index (χ3n) is 5.60. The van der Waals surface area contributed by atoms with Crippen molar-refractivity contribution in [2.45, 2.75) is 25.4 Å². The summed E-state index contributed by atoms with van der Waals surface area (Å²) < 4.78 is 2.57. The zero-order valence-corrected chi connectivity index (χ0v) is 18.9. The number of halogens is 1. The van der Waals surface area contributed by atoms with Gasteiger partial charge in [-0.05, 0) is 40.9 Å². The molecule has 4 N–H and O–H groups in total. The molecule has 1 atom stereocenters. The molecule has 4 aromatic rings. The van der Waals surface area contributed by atoms with Crippen molar-refractivity contribution in [1.29, 1.82) is 0 Å². The SMILES string of the molecule is N[C@@H]1CCCN(c2c(Br)cnc3[nH]cc(NC(=O)c4cnn(Cc5ccccn5)c4)c23)C1. The van der Waals surface area contributed by atoms with Gasteiger partial charge in [-0.2, -0.15) is 5.10 Å². The van der Waals surface area contributed by atoms with Crippen molar-refractivity contribution in [3.63, 3.8) is 0 Å². The first-order valence-corrected chi connectivity index (χ1v) is 11.3. The molecule has 1 saturated heterocycles. The average Bonchev–Trinajstić information content (AvgIpc) is 3.42. The molecule has 0 aromatic carbocycles. The number of carbonyl (C=O) groups excluding carboxylic acids is 1. The summed E-state index contributed by atoms with van der Waals surface area (Å²) in [5.41, 5.74) is 9.94. The molecule has 0 radical (unpaired) electrons. The second kappa shape index (κ2) is 8.71. The monoisotopic (exact) mass is 494 g/mol. The summed E-state index contributed by atoms with van der Waals surface area (Å²) in [4.78, 5) is 27.2. The second-order valence-corrected chi connectivity index (χ2v) is 8.79. The quantitative estimate of drug-likeness (QED) is 0.392. The van der Waals surface area contributed by atoms with Crippen LogP contribution in [-0.2, 0) is 6.54 Å². The third-order valence-corrected chi connectivity index (χ3v) is 6.18. The van der Waals surface area contributed by atoms with Crippen LogP contribution in [-0.4, -0.2) is 49.8 Å². The molecule has 0 spiro atoms. The molecule has 10 heteroatoms. The minimum Gasteiger partial charge on any atom is -0.368 e. The van der Waals surface area contributed by atoms with Crippen LogP contribution < -0.4 is 16.0 Å². The number of aromatic amines is 1. The van der Waals surface area contributed by atoms with Crippen LogP contribution in [0, 0.1) is 0 Å². The molecule has 5 rings (SSSR count). The standard InChI is InChI=1S/C22H23BrN8O/c23-17-9-26-21-19(20(17)30-7-3-4-15(24)12-30)18(10-27-21)29-22(32)14-8-28-31(11-14)13-16-5-1-2-6-25-16/h1-2,5-6,8-11,15H,3-4,7,12-13,24H2,(H,26,27)(H,29,32)/t15-/m1/s1. The van der Waals surface area contributed by atoms with Gasteiger partial charge in [0.2, 0.25) is 0 Å². The zero-order chi connectivity index (χ0) is 22.1. The van der Waals surface area contributed by atoms with Crippen molar-refractivity contribution in [2.75, 3.05) is 23.3 Å². The van der Waals surface area contributed by atoms with Gasteiger partial charge in [-0.3, -0.25) is 14.5 Å². The number of anilines is 2. The first kappa shape index (κ1) is 20.7. The van der Waals surface area contributed by atoms with E-state index in [-0.39, 0.29) is 11.9 Å². The van der Waals surface area contributed by atoms with Crippen LogP contribution in [0.25, 0.3) is 11.0 Å². The Bertz CT molecular complexity index is 1250. The van der Waals surface area contributed by atoms with Gasteiger partial charge in [0.15, 0.2) is 0 Å². The fraction of sp³-hybridized carbons (Fsp3) is 0.273. The summed E-state index contributed by atoms with van der Waals surface area (Å²) in [5.74, 6) is -0.237. The lowest BCUT2D eigenvalue weighted by Gasteiger charge is -2.33. The fourth-order valence-electron chi connectivity index (χ4n) is 4.10. The number of pyridine rings is 2. The molecule has 0 aliphatic carbocycles. The summed E-state index contributed by atoms with van der Waals surface area (Å²) in [7, 11) is 0. The van der Waals surface area contributed by atoms with Crippen molar-refractivity contribution in [1.82, 2.24) is 24.7 Å². The molecule has 0 saturated carbocycles. The highest BCUT2D eigenvalue weighted by atomic mass is 79.9. The van der Waals surface area contributed by atoms with E-state index in [9.17, 15) is 4.79 Å². The number of nitrogens with two attached hydrogens (primary N) is 1. The minimum absolute atomic E-state index is 0.126. The van der Waals surface area contributed by atoms with Crippen LogP contribution in [0.5, 0.6) is 0 Å². The molecule has 0 bridgehead atoms. The van der Waals surface area contributed by atoms with Crippen molar-refractivity contribution < 1.29 is 4.79 Å². The summed E-state index contributed by atoms with van der Waals surface area (Å²) in [5, 5.41) is 8.19. The Kier molecular flexibility index (Phi) is 5.62. The molecule has 4 aromatic heterocycles. The van der Waals surface area contributed by atoms with Gasteiger partial charge < -0.3 is 20.9 Å². The van der Waals surface area contributed by atoms with E-state index in [1.54, 1.807) is 35.7 Å². The van der Waals surface area contributed by atoms with Gasteiger partial charge in [-0.15, -0.1) is 0 Å². The van der Waals surface area contributed by atoms with E-state index in [0.29, 0.717) is 23.4 Å². The Labute approximate surface area is 193 Å². The van der Waals surface area contributed by atoms with E-state index in [0.717, 1.165) is 47.2 Å². The zero-order valence-electron chi connectivity index (χ0n) is 17.3. The van der Waals surface area contributed by atoms with Gasteiger partial charge in [0.1, 0.15) is 5.65 Å². The Balaban J connectivity index is 1.41. The number of H-pyrrole nitrogens is 1. The van der Waals surface area contributed by atoms with Gasteiger partial charge in [-0.25, -0.2) is 4.98 Å². The Morgan fingerprint density at radius 1 is 1.31 bits per heavy atom. The number of nitrogens with zero attached hydrogens (tertiary/aromatic N) is 5. The van der Waals surface area contributed by atoms with Crippen LogP contribution in [0.1, 0.15) is 28.9 Å². The molecule has 164 valence electrons. The summed E-state index contributed by atoms with van der Waals surface area (Å²) in [6, 6.07) is 5.84. The Hall–Kier alpha value is -3.24. The van der Waals surface area contributed by atoms with E-state index in [1.165, 1.54) is 0 Å². The summed E-state index contributed by atoms with van der Waals surface area (Å²) in [6.07, 6.45) is 10.6. The van der Waals surface area contributed by atoms with E-state index in [4.69, 9.17) is 5.73 Å². The van der Waals surface area contributed by atoms with Gasteiger partial charge in [0.05, 0.1) is 45.2 Å². The van der Waals surface area contributed by atoms with E-state index < -0.39 is 0 Å². The topological polar surface area (TPSA) is 118 Å². The molecular weight excluding hydrogens is 472 g/mol. The highest BCUT2D eigenvalue weighted by Gasteiger charge is 2.24. The molecule has 1 aliphatic heterocycles. The molecule has 9 nitrogen and oxygen atoms in total. The number of carbonyl (C=O) groups is 1. The Morgan fingerprint density at radius 3 is 3.03 bits per heavy atom. The van der Waals surface area contributed by atoms with Crippen LogP contribution in [0.2, 0.25) is 0 Å². The summed E-state index contributed by atoms with van der Waals surface area (Å²) in [6.45, 7) is 2.16. The smallest absolute Gasteiger partial charge is 0.258 e. The maximum absolute atomic E-state index is 13.0. The van der Waals surface area contributed by atoms with Gasteiger partial charge in [0, 0.05) is 43.9 Å². The molecule has 32 heavy (non-hydrogen) atoms.